The molecular weight excluding hydrogens is 204 g/mol. The maximum Gasteiger partial charge on any atom is 0.119 e. The van der Waals surface area contributed by atoms with E-state index in [1.165, 1.54) is 0 Å². The van der Waals surface area contributed by atoms with Crippen molar-refractivity contribution in [2.45, 2.75) is 25.7 Å². The first-order chi connectivity index (χ1) is 7.47. The molecule has 0 aliphatic heterocycles. The fourth-order valence-electron chi connectivity index (χ4n) is 2.55. The molecule has 88 valence electrons. The van der Waals surface area contributed by atoms with Crippen molar-refractivity contribution in [2.75, 3.05) is 13.7 Å². The zero-order chi connectivity index (χ0) is 12.0. The van der Waals surface area contributed by atoms with E-state index in [-0.39, 0.29) is 23.2 Å². The number of aromatic hydroxyl groups is 1. The van der Waals surface area contributed by atoms with Gasteiger partial charge in [0.1, 0.15) is 11.5 Å². The quantitative estimate of drug-likeness (QED) is 0.823. The molecule has 16 heavy (non-hydrogen) atoms. The van der Waals surface area contributed by atoms with E-state index >= 15 is 0 Å². The average molecular weight is 222 g/mol. The molecule has 1 aromatic carbocycles. The van der Waals surface area contributed by atoms with Gasteiger partial charge in [-0.15, -0.1) is 0 Å². The number of hydrogen-bond donors (Lipinski definition) is 2. The second-order valence-electron chi connectivity index (χ2n) is 5.18. The van der Waals surface area contributed by atoms with Crippen molar-refractivity contribution in [3.05, 3.63) is 23.8 Å². The van der Waals surface area contributed by atoms with Gasteiger partial charge in [0.25, 0.3) is 0 Å². The van der Waals surface area contributed by atoms with Crippen LogP contribution >= 0.6 is 0 Å². The van der Waals surface area contributed by atoms with Gasteiger partial charge in [-0.2, -0.15) is 0 Å². The maximum atomic E-state index is 9.90. The van der Waals surface area contributed by atoms with Gasteiger partial charge in [-0.1, -0.05) is 13.8 Å². The van der Waals surface area contributed by atoms with E-state index in [0.717, 1.165) is 12.0 Å². The molecule has 2 rings (SSSR count). The average Bonchev–Trinajstić information content (AvgIpc) is 2.83. The number of aliphatic hydroxyl groups is 1. The molecule has 1 aliphatic carbocycles. The van der Waals surface area contributed by atoms with E-state index in [0.29, 0.717) is 5.75 Å². The SMILES string of the molecule is COc1ccc(O)c(C2(CO)CC2(C)C)c1. The van der Waals surface area contributed by atoms with E-state index in [9.17, 15) is 10.2 Å². The maximum absolute atomic E-state index is 9.90. The molecular formula is C13H18O3. The van der Waals surface area contributed by atoms with Gasteiger partial charge in [0.2, 0.25) is 0 Å². The zero-order valence-corrected chi connectivity index (χ0v) is 9.95. The van der Waals surface area contributed by atoms with Gasteiger partial charge in [0.05, 0.1) is 13.7 Å². The lowest BCUT2D eigenvalue weighted by atomic mass is 9.88. The summed E-state index contributed by atoms with van der Waals surface area (Å²) >= 11 is 0. The third kappa shape index (κ3) is 1.39. The van der Waals surface area contributed by atoms with Gasteiger partial charge < -0.3 is 14.9 Å². The molecule has 0 radical (unpaired) electrons. The third-order valence-electron chi connectivity index (χ3n) is 3.90. The second kappa shape index (κ2) is 3.39. The number of phenolic OH excluding ortho intramolecular Hbond substituents is 1. The highest BCUT2D eigenvalue weighted by Crippen LogP contribution is 2.65. The van der Waals surface area contributed by atoms with E-state index in [4.69, 9.17) is 4.74 Å². The molecule has 3 heteroatoms. The normalized spacial score (nSPS) is 26.5. The van der Waals surface area contributed by atoms with Gasteiger partial charge in [0, 0.05) is 11.0 Å². The lowest BCUT2D eigenvalue weighted by molar-refractivity contribution is 0.228. The third-order valence-corrected chi connectivity index (χ3v) is 3.90. The first-order valence-corrected chi connectivity index (χ1v) is 5.45. The minimum absolute atomic E-state index is 0.0333. The molecule has 0 aromatic heterocycles. The summed E-state index contributed by atoms with van der Waals surface area (Å²) in [5, 5.41) is 19.5. The van der Waals surface area contributed by atoms with Crippen LogP contribution in [0.5, 0.6) is 11.5 Å². The minimum atomic E-state index is -0.314. The van der Waals surface area contributed by atoms with Crippen LogP contribution < -0.4 is 4.74 Å². The summed E-state index contributed by atoms with van der Waals surface area (Å²) in [6.07, 6.45) is 0.886. The van der Waals surface area contributed by atoms with E-state index in [1.54, 1.807) is 19.2 Å². The van der Waals surface area contributed by atoms with E-state index in [1.807, 2.05) is 6.07 Å². The molecule has 0 bridgehead atoms. The Kier molecular flexibility index (Phi) is 2.39. The Balaban J connectivity index is 2.48. The standard InChI is InChI=1S/C13H18O3/c1-12(2)7-13(12,8-14)10-6-9(16-3)4-5-11(10)15/h4-6,14-15H,7-8H2,1-3H3. The highest BCUT2D eigenvalue weighted by Gasteiger charge is 2.62. The molecule has 1 aromatic rings. The minimum Gasteiger partial charge on any atom is -0.508 e. The Morgan fingerprint density at radius 2 is 2.00 bits per heavy atom. The summed E-state index contributed by atoms with van der Waals surface area (Å²) in [6, 6.07) is 5.17. The van der Waals surface area contributed by atoms with Gasteiger partial charge in [0.15, 0.2) is 0 Å². The van der Waals surface area contributed by atoms with Crippen molar-refractivity contribution >= 4 is 0 Å². The Morgan fingerprint density at radius 1 is 1.38 bits per heavy atom. The summed E-state index contributed by atoms with van der Waals surface area (Å²) in [6.45, 7) is 4.25. The summed E-state index contributed by atoms with van der Waals surface area (Å²) in [7, 11) is 1.60. The summed E-state index contributed by atoms with van der Waals surface area (Å²) in [4.78, 5) is 0. The fraction of sp³-hybridized carbons (Fsp3) is 0.538. The largest absolute Gasteiger partial charge is 0.508 e. The lowest BCUT2D eigenvalue weighted by Crippen LogP contribution is -2.19. The van der Waals surface area contributed by atoms with Gasteiger partial charge in [-0.3, -0.25) is 0 Å². The Morgan fingerprint density at radius 3 is 2.44 bits per heavy atom. The van der Waals surface area contributed by atoms with Crippen LogP contribution in [0.4, 0.5) is 0 Å². The molecule has 1 atom stereocenters. The Labute approximate surface area is 95.7 Å². The van der Waals surface area contributed by atoms with Crippen LogP contribution in [0.3, 0.4) is 0 Å². The molecule has 3 nitrogen and oxygen atoms in total. The van der Waals surface area contributed by atoms with E-state index < -0.39 is 0 Å². The molecule has 1 fully saturated rings. The topological polar surface area (TPSA) is 49.7 Å². The molecule has 0 spiro atoms. The number of rotatable bonds is 3. The molecule has 1 unspecified atom stereocenters. The number of hydrogen-bond acceptors (Lipinski definition) is 3. The predicted molar refractivity (Wildman–Crippen MR) is 61.8 cm³/mol. The van der Waals surface area contributed by atoms with Crippen LogP contribution in [0, 0.1) is 5.41 Å². The van der Waals surface area contributed by atoms with Gasteiger partial charge in [-0.05, 0) is 30.0 Å². The fourth-order valence-corrected chi connectivity index (χ4v) is 2.55. The van der Waals surface area contributed by atoms with Crippen LogP contribution in [0.15, 0.2) is 18.2 Å². The number of phenols is 1. The summed E-state index contributed by atoms with van der Waals surface area (Å²) in [5.41, 5.74) is 0.511. The van der Waals surface area contributed by atoms with Crippen molar-refractivity contribution in [2.24, 2.45) is 5.41 Å². The van der Waals surface area contributed by atoms with Gasteiger partial charge >= 0.3 is 0 Å². The zero-order valence-electron chi connectivity index (χ0n) is 9.95. The molecule has 2 N–H and O–H groups in total. The van der Waals surface area contributed by atoms with E-state index in [2.05, 4.69) is 13.8 Å². The first-order valence-electron chi connectivity index (χ1n) is 5.45. The lowest BCUT2D eigenvalue weighted by Gasteiger charge is -2.20. The Bertz CT molecular complexity index is 412. The number of methoxy groups -OCH3 is 1. The van der Waals surface area contributed by atoms with Gasteiger partial charge in [-0.25, -0.2) is 0 Å². The monoisotopic (exact) mass is 222 g/mol. The van der Waals surface area contributed by atoms with Crippen LogP contribution in [-0.4, -0.2) is 23.9 Å². The first kappa shape index (κ1) is 11.3. The highest BCUT2D eigenvalue weighted by molar-refractivity contribution is 5.49. The van der Waals surface area contributed by atoms with Crippen LogP contribution in [0.2, 0.25) is 0 Å². The van der Waals surface area contributed by atoms with Crippen molar-refractivity contribution < 1.29 is 14.9 Å². The molecule has 0 amide bonds. The van der Waals surface area contributed by atoms with Crippen LogP contribution in [-0.2, 0) is 5.41 Å². The second-order valence-corrected chi connectivity index (χ2v) is 5.18. The number of aliphatic hydroxyl groups excluding tert-OH is 1. The molecule has 1 aliphatic rings. The number of ether oxygens (including phenoxy) is 1. The van der Waals surface area contributed by atoms with Crippen LogP contribution in [0.1, 0.15) is 25.8 Å². The van der Waals surface area contributed by atoms with Crippen molar-refractivity contribution in [1.82, 2.24) is 0 Å². The number of benzene rings is 1. The van der Waals surface area contributed by atoms with Crippen LogP contribution in [0.25, 0.3) is 0 Å². The molecule has 1 saturated carbocycles. The van der Waals surface area contributed by atoms with Crippen molar-refractivity contribution in [1.29, 1.82) is 0 Å². The summed E-state index contributed by atoms with van der Waals surface area (Å²) < 4.78 is 5.15. The molecule has 0 heterocycles. The molecule has 0 saturated heterocycles. The smallest absolute Gasteiger partial charge is 0.119 e. The predicted octanol–water partition coefficient (Wildman–Crippen LogP) is 2.06. The summed E-state index contributed by atoms with van der Waals surface area (Å²) in [5.74, 6) is 0.948. The highest BCUT2D eigenvalue weighted by atomic mass is 16.5. The van der Waals surface area contributed by atoms with Crippen molar-refractivity contribution in [3.63, 3.8) is 0 Å². The Hall–Kier alpha value is -1.22. The van der Waals surface area contributed by atoms with Crippen molar-refractivity contribution in [3.8, 4) is 11.5 Å².